The number of fused-ring (bicyclic) bond motifs is 1. The summed E-state index contributed by atoms with van der Waals surface area (Å²) in [7, 11) is -3.98. The number of aliphatic carboxylic acids is 1. The summed E-state index contributed by atoms with van der Waals surface area (Å²) in [6.07, 6.45) is 1.97. The van der Waals surface area contributed by atoms with Crippen LogP contribution in [0.25, 0.3) is 0 Å². The number of carbonyl (C=O) groups is 2. The van der Waals surface area contributed by atoms with Gasteiger partial charge < -0.3 is 14.3 Å². The highest BCUT2D eigenvalue weighted by Crippen LogP contribution is 2.50. The Morgan fingerprint density at radius 2 is 2.21 bits per heavy atom. The smallest absolute Gasteiger partial charge is 0.374 e. The van der Waals surface area contributed by atoms with Crippen molar-refractivity contribution in [3.05, 3.63) is 17.9 Å². The Balaban J connectivity index is 1.85. The van der Waals surface area contributed by atoms with Crippen LogP contribution in [-0.2, 0) is 19.6 Å². The van der Waals surface area contributed by atoms with E-state index >= 15 is 0 Å². The van der Waals surface area contributed by atoms with E-state index in [2.05, 4.69) is 0 Å². The highest BCUT2D eigenvalue weighted by atomic mass is 32.2. The molecule has 2 atom stereocenters. The molecular formula is C15H19NO7S. The van der Waals surface area contributed by atoms with Gasteiger partial charge in [0.2, 0.25) is 10.9 Å². The normalized spacial score (nSPS) is 27.1. The predicted octanol–water partition coefficient (Wildman–Crippen LogP) is 1.33. The van der Waals surface area contributed by atoms with Gasteiger partial charge >= 0.3 is 11.9 Å². The number of hydrogen-bond acceptors (Lipinski definition) is 6. The van der Waals surface area contributed by atoms with Crippen LogP contribution in [-0.4, -0.2) is 49.5 Å². The second-order valence-electron chi connectivity index (χ2n) is 6.19. The highest BCUT2D eigenvalue weighted by Gasteiger charge is 2.57. The van der Waals surface area contributed by atoms with E-state index in [1.54, 1.807) is 6.92 Å². The van der Waals surface area contributed by atoms with E-state index in [4.69, 9.17) is 9.15 Å². The molecule has 0 spiro atoms. The van der Waals surface area contributed by atoms with E-state index in [1.165, 1.54) is 12.1 Å². The predicted molar refractivity (Wildman–Crippen MR) is 80.8 cm³/mol. The van der Waals surface area contributed by atoms with Gasteiger partial charge in [0.15, 0.2) is 0 Å². The molecule has 2 heterocycles. The summed E-state index contributed by atoms with van der Waals surface area (Å²) in [5.74, 6) is -2.07. The first-order valence-corrected chi connectivity index (χ1v) is 9.26. The van der Waals surface area contributed by atoms with Gasteiger partial charge in [-0.2, -0.15) is 4.31 Å². The Morgan fingerprint density at radius 3 is 2.83 bits per heavy atom. The Bertz CT molecular complexity index is 769. The third-order valence-electron chi connectivity index (χ3n) is 4.92. The maximum atomic E-state index is 12.7. The average Bonchev–Trinajstić information content (AvgIpc) is 3.21. The summed E-state index contributed by atoms with van der Waals surface area (Å²) in [6.45, 7) is 1.87. The van der Waals surface area contributed by atoms with Crippen molar-refractivity contribution in [3.8, 4) is 0 Å². The molecule has 1 saturated carbocycles. The number of carbonyl (C=O) groups excluding carboxylic acids is 1. The minimum Gasteiger partial charge on any atom is -0.481 e. The SMILES string of the molecule is CCOC(=O)c1ccc(S(=O)(=O)N2C[C@@H]3CCC[C@@]3(C(=O)O)C2)o1. The van der Waals surface area contributed by atoms with Gasteiger partial charge in [-0.1, -0.05) is 6.42 Å². The monoisotopic (exact) mass is 357 g/mol. The lowest BCUT2D eigenvalue weighted by Crippen LogP contribution is -2.37. The molecule has 8 nitrogen and oxygen atoms in total. The number of carboxylic acids is 1. The van der Waals surface area contributed by atoms with Crippen LogP contribution in [0.15, 0.2) is 21.6 Å². The number of rotatable bonds is 5. The van der Waals surface area contributed by atoms with Gasteiger partial charge in [-0.05, 0) is 37.8 Å². The molecule has 9 heteroatoms. The lowest BCUT2D eigenvalue weighted by molar-refractivity contribution is -0.149. The zero-order chi connectivity index (χ0) is 17.5. The molecule has 1 aromatic rings. The highest BCUT2D eigenvalue weighted by molar-refractivity contribution is 7.89. The molecule has 0 radical (unpaired) electrons. The van der Waals surface area contributed by atoms with Crippen molar-refractivity contribution in [1.29, 1.82) is 0 Å². The summed E-state index contributed by atoms with van der Waals surface area (Å²) in [5.41, 5.74) is -1.01. The van der Waals surface area contributed by atoms with Gasteiger partial charge in [0.25, 0.3) is 10.0 Å². The third kappa shape index (κ3) is 2.51. The fourth-order valence-corrected chi connectivity index (χ4v) is 5.14. The molecule has 0 bridgehead atoms. The Hall–Kier alpha value is -1.87. The number of nitrogens with zero attached hydrogens (tertiary/aromatic N) is 1. The van der Waals surface area contributed by atoms with Crippen LogP contribution in [0.3, 0.4) is 0 Å². The van der Waals surface area contributed by atoms with Gasteiger partial charge in [-0.15, -0.1) is 0 Å². The minimum atomic E-state index is -3.98. The lowest BCUT2D eigenvalue weighted by atomic mass is 9.81. The van der Waals surface area contributed by atoms with Gasteiger partial charge in [0, 0.05) is 13.1 Å². The summed E-state index contributed by atoms with van der Waals surface area (Å²) >= 11 is 0. The number of ether oxygens (including phenoxy) is 1. The summed E-state index contributed by atoms with van der Waals surface area (Å²) in [6, 6.07) is 2.44. The topological polar surface area (TPSA) is 114 Å². The van der Waals surface area contributed by atoms with Gasteiger partial charge in [-0.25, -0.2) is 13.2 Å². The Labute approximate surface area is 139 Å². The molecule has 1 aromatic heterocycles. The van der Waals surface area contributed by atoms with Gasteiger partial charge in [-0.3, -0.25) is 4.79 Å². The number of furan rings is 1. The van der Waals surface area contributed by atoms with Crippen molar-refractivity contribution in [1.82, 2.24) is 4.31 Å². The van der Waals surface area contributed by atoms with Crippen LogP contribution in [0.4, 0.5) is 0 Å². The lowest BCUT2D eigenvalue weighted by Gasteiger charge is -2.22. The average molecular weight is 357 g/mol. The van der Waals surface area contributed by atoms with E-state index in [-0.39, 0.29) is 36.5 Å². The first kappa shape index (κ1) is 17.0. The molecule has 1 saturated heterocycles. The van der Waals surface area contributed by atoms with Crippen molar-refractivity contribution in [3.63, 3.8) is 0 Å². The second kappa shape index (κ2) is 5.89. The molecule has 0 unspecified atom stereocenters. The van der Waals surface area contributed by atoms with E-state index in [0.29, 0.717) is 12.8 Å². The largest absolute Gasteiger partial charge is 0.481 e. The van der Waals surface area contributed by atoms with Crippen molar-refractivity contribution in [2.75, 3.05) is 19.7 Å². The Morgan fingerprint density at radius 1 is 1.46 bits per heavy atom. The molecule has 1 aliphatic heterocycles. The molecule has 2 fully saturated rings. The maximum Gasteiger partial charge on any atom is 0.374 e. The van der Waals surface area contributed by atoms with Crippen LogP contribution in [0, 0.1) is 11.3 Å². The number of hydrogen-bond donors (Lipinski definition) is 1. The van der Waals surface area contributed by atoms with Crippen LogP contribution >= 0.6 is 0 Å². The van der Waals surface area contributed by atoms with Crippen LogP contribution in [0.5, 0.6) is 0 Å². The van der Waals surface area contributed by atoms with E-state index in [1.807, 2.05) is 0 Å². The standard InChI is InChI=1S/C15H19NO7S/c1-2-22-13(17)11-5-6-12(23-11)24(20,21)16-8-10-4-3-7-15(10,9-16)14(18)19/h5-6,10H,2-4,7-9H2,1H3,(H,18,19)/t10-,15+/m0/s1. The number of sulfonamides is 1. The summed E-state index contributed by atoms with van der Waals surface area (Å²) < 4.78 is 36.5. The maximum absolute atomic E-state index is 12.7. The van der Waals surface area contributed by atoms with Gasteiger partial charge in [0.1, 0.15) is 0 Å². The molecule has 1 aliphatic carbocycles. The zero-order valence-corrected chi connectivity index (χ0v) is 14.0. The fraction of sp³-hybridized carbons (Fsp3) is 0.600. The first-order valence-electron chi connectivity index (χ1n) is 7.82. The summed E-state index contributed by atoms with van der Waals surface area (Å²) in [4.78, 5) is 23.3. The van der Waals surface area contributed by atoms with Crippen molar-refractivity contribution in [2.45, 2.75) is 31.3 Å². The van der Waals surface area contributed by atoms with E-state index < -0.39 is 27.4 Å². The third-order valence-corrected chi connectivity index (χ3v) is 6.60. The van der Waals surface area contributed by atoms with E-state index in [9.17, 15) is 23.1 Å². The summed E-state index contributed by atoms with van der Waals surface area (Å²) in [5, 5.41) is 9.19. The molecule has 2 aliphatic rings. The van der Waals surface area contributed by atoms with Crippen molar-refractivity contribution >= 4 is 22.0 Å². The fourth-order valence-electron chi connectivity index (χ4n) is 3.67. The quantitative estimate of drug-likeness (QED) is 0.791. The number of carboxylic acid groups (broad SMARTS) is 1. The molecule has 3 rings (SSSR count). The zero-order valence-electron chi connectivity index (χ0n) is 13.2. The molecular weight excluding hydrogens is 338 g/mol. The van der Waals surface area contributed by atoms with Crippen LogP contribution in [0.1, 0.15) is 36.7 Å². The van der Waals surface area contributed by atoms with Gasteiger partial charge in [0.05, 0.1) is 12.0 Å². The number of esters is 1. The molecule has 24 heavy (non-hydrogen) atoms. The molecule has 0 amide bonds. The molecule has 1 N–H and O–H groups in total. The first-order chi connectivity index (χ1) is 11.3. The minimum absolute atomic E-state index is 0.0647. The van der Waals surface area contributed by atoms with Crippen molar-refractivity contribution < 1.29 is 32.3 Å². The second-order valence-corrected chi connectivity index (χ2v) is 8.06. The van der Waals surface area contributed by atoms with Crippen LogP contribution in [0.2, 0.25) is 0 Å². The van der Waals surface area contributed by atoms with Crippen molar-refractivity contribution in [2.24, 2.45) is 11.3 Å². The Kier molecular flexibility index (Phi) is 4.16. The molecule has 132 valence electrons. The molecule has 0 aromatic carbocycles. The van der Waals surface area contributed by atoms with E-state index in [0.717, 1.165) is 10.7 Å². The van der Waals surface area contributed by atoms with Crippen LogP contribution < -0.4 is 0 Å².